The summed E-state index contributed by atoms with van der Waals surface area (Å²) in [6.45, 7) is 2.39. The van der Waals surface area contributed by atoms with Crippen molar-refractivity contribution in [2.24, 2.45) is 5.10 Å². The first kappa shape index (κ1) is 23.4. The Balaban J connectivity index is 1.64. The van der Waals surface area contributed by atoms with Crippen LogP contribution in [0, 0.1) is 0 Å². The molecule has 0 saturated heterocycles. The molecular formula is C29H20Cl2N2O4. The second kappa shape index (κ2) is 8.83. The molecule has 0 aromatic heterocycles. The van der Waals surface area contributed by atoms with Gasteiger partial charge in [0.15, 0.2) is 0 Å². The average molecular weight is 531 g/mol. The van der Waals surface area contributed by atoms with Crippen molar-refractivity contribution in [3.05, 3.63) is 117 Å². The smallest absolute Gasteiger partial charge is 0.275 e. The zero-order valence-corrected chi connectivity index (χ0v) is 21.1. The quantitative estimate of drug-likeness (QED) is 0.289. The summed E-state index contributed by atoms with van der Waals surface area (Å²) in [6, 6.07) is 22.9. The summed E-state index contributed by atoms with van der Waals surface area (Å²) in [5, 5.41) is 17.4. The molecule has 8 heteroatoms. The van der Waals surface area contributed by atoms with Crippen LogP contribution in [-0.4, -0.2) is 28.8 Å². The molecule has 0 radical (unpaired) electrons. The Bertz CT molecular complexity index is 1600. The predicted molar refractivity (Wildman–Crippen MR) is 142 cm³/mol. The molecule has 2 aliphatic rings. The highest BCUT2D eigenvalue weighted by molar-refractivity contribution is 6.36. The molecule has 0 aliphatic carbocycles. The van der Waals surface area contributed by atoms with E-state index in [4.69, 9.17) is 37.8 Å². The summed E-state index contributed by atoms with van der Waals surface area (Å²) >= 11 is 12.5. The van der Waals surface area contributed by atoms with Crippen LogP contribution in [0.25, 0.3) is 0 Å². The molecule has 4 aromatic rings. The number of halogens is 2. The summed E-state index contributed by atoms with van der Waals surface area (Å²) < 4.78 is 12.0. The summed E-state index contributed by atoms with van der Waals surface area (Å²) in [5.74, 6) is 1.30. The highest BCUT2D eigenvalue weighted by Crippen LogP contribution is 2.58. The number of fused-ring (bicyclic) bond motifs is 6. The molecular weight excluding hydrogens is 511 g/mol. The van der Waals surface area contributed by atoms with Crippen LogP contribution in [0.2, 0.25) is 10.0 Å². The van der Waals surface area contributed by atoms with E-state index in [1.807, 2.05) is 37.3 Å². The molecule has 1 N–H and O–H groups in total. The van der Waals surface area contributed by atoms with E-state index in [1.165, 1.54) is 11.1 Å². The molecule has 1 amide bonds. The van der Waals surface area contributed by atoms with Crippen molar-refractivity contribution in [3.8, 4) is 23.0 Å². The zero-order valence-electron chi connectivity index (χ0n) is 19.6. The number of amides is 1. The van der Waals surface area contributed by atoms with E-state index in [1.54, 1.807) is 48.7 Å². The largest absolute Gasteiger partial charge is 0.508 e. The maximum atomic E-state index is 13.9. The van der Waals surface area contributed by atoms with Gasteiger partial charge in [0.1, 0.15) is 28.5 Å². The van der Waals surface area contributed by atoms with Gasteiger partial charge in [0.2, 0.25) is 0 Å². The number of phenols is 1. The molecule has 1 unspecified atom stereocenters. The van der Waals surface area contributed by atoms with Gasteiger partial charge in [-0.15, -0.1) is 0 Å². The average Bonchev–Trinajstić information content (AvgIpc) is 3.12. The summed E-state index contributed by atoms with van der Waals surface area (Å²) in [5.41, 5.74) is 2.09. The first-order valence-electron chi connectivity index (χ1n) is 11.6. The third kappa shape index (κ3) is 3.56. The highest BCUT2D eigenvalue weighted by Gasteiger charge is 2.57. The van der Waals surface area contributed by atoms with Gasteiger partial charge in [-0.05, 0) is 49.4 Å². The molecule has 37 heavy (non-hydrogen) atoms. The number of hydrogen-bond donors (Lipinski definition) is 1. The number of carbonyl (C=O) groups excluding carboxylic acids is 1. The minimum atomic E-state index is -1.16. The normalized spacial score (nSPS) is 17.5. The van der Waals surface area contributed by atoms with E-state index in [0.29, 0.717) is 56.2 Å². The van der Waals surface area contributed by atoms with Crippen LogP contribution in [0.4, 0.5) is 0 Å². The van der Waals surface area contributed by atoms with Crippen LogP contribution in [0.5, 0.6) is 23.0 Å². The number of carbonyl (C=O) groups is 1. The van der Waals surface area contributed by atoms with Crippen molar-refractivity contribution in [1.29, 1.82) is 0 Å². The summed E-state index contributed by atoms with van der Waals surface area (Å²) in [4.78, 5) is 13.9. The maximum absolute atomic E-state index is 13.9. The van der Waals surface area contributed by atoms with Crippen LogP contribution in [0.15, 0.2) is 84.0 Å². The van der Waals surface area contributed by atoms with Crippen LogP contribution in [0.3, 0.4) is 0 Å². The predicted octanol–water partition coefficient (Wildman–Crippen LogP) is 6.99. The zero-order chi connectivity index (χ0) is 25.7. The summed E-state index contributed by atoms with van der Waals surface area (Å²) in [7, 11) is 0. The fourth-order valence-corrected chi connectivity index (χ4v) is 5.51. The van der Waals surface area contributed by atoms with Crippen molar-refractivity contribution in [1.82, 2.24) is 5.01 Å². The molecule has 0 bridgehead atoms. The molecule has 4 aromatic carbocycles. The standard InChI is InChI=1S/C29H20Cl2N2O4/c1-2-36-20-10-12-24-27(15-20)37-26-14-19(34)9-11-23(26)29(24)22-6-4-3-5-21(22)28(35)33(29)32-16-17-7-8-18(30)13-25(17)31/h3-16,34H,2H2,1H3/b32-16+. The number of hydrogen-bond acceptors (Lipinski definition) is 5. The lowest BCUT2D eigenvalue weighted by Gasteiger charge is -2.41. The Labute approximate surface area is 223 Å². The van der Waals surface area contributed by atoms with Gasteiger partial charge in [-0.3, -0.25) is 4.79 Å². The lowest BCUT2D eigenvalue weighted by molar-refractivity contribution is 0.0675. The lowest BCUT2D eigenvalue weighted by Crippen LogP contribution is -2.44. The van der Waals surface area contributed by atoms with E-state index >= 15 is 0 Å². The first-order valence-corrected chi connectivity index (χ1v) is 12.4. The Morgan fingerprint density at radius 2 is 1.73 bits per heavy atom. The molecule has 184 valence electrons. The maximum Gasteiger partial charge on any atom is 0.275 e. The van der Waals surface area contributed by atoms with Crippen molar-refractivity contribution in [3.63, 3.8) is 0 Å². The minimum absolute atomic E-state index is 0.0407. The van der Waals surface area contributed by atoms with Gasteiger partial charge in [-0.2, -0.15) is 5.10 Å². The van der Waals surface area contributed by atoms with Gasteiger partial charge < -0.3 is 14.6 Å². The van der Waals surface area contributed by atoms with E-state index in [-0.39, 0.29) is 11.7 Å². The molecule has 2 aliphatic heterocycles. The highest BCUT2D eigenvalue weighted by atomic mass is 35.5. The molecule has 6 rings (SSSR count). The van der Waals surface area contributed by atoms with Crippen LogP contribution in [-0.2, 0) is 5.54 Å². The number of nitrogens with zero attached hydrogens (tertiary/aromatic N) is 2. The van der Waals surface area contributed by atoms with Crippen LogP contribution in [0.1, 0.15) is 39.5 Å². The van der Waals surface area contributed by atoms with E-state index < -0.39 is 5.54 Å². The third-order valence-electron chi connectivity index (χ3n) is 6.56. The van der Waals surface area contributed by atoms with Gasteiger partial charge in [-0.1, -0.05) is 47.5 Å². The van der Waals surface area contributed by atoms with E-state index in [0.717, 1.165) is 5.56 Å². The van der Waals surface area contributed by atoms with Gasteiger partial charge in [-0.25, -0.2) is 5.01 Å². The fourth-order valence-electron chi connectivity index (χ4n) is 5.05. The molecule has 1 spiro atoms. The Kier molecular flexibility index (Phi) is 5.59. The Morgan fingerprint density at radius 1 is 0.973 bits per heavy atom. The van der Waals surface area contributed by atoms with Gasteiger partial charge >= 0.3 is 0 Å². The van der Waals surface area contributed by atoms with Gasteiger partial charge in [0.05, 0.1) is 17.8 Å². The van der Waals surface area contributed by atoms with Crippen LogP contribution < -0.4 is 9.47 Å². The molecule has 0 saturated carbocycles. The Morgan fingerprint density at radius 3 is 2.51 bits per heavy atom. The molecule has 0 fully saturated rings. The third-order valence-corrected chi connectivity index (χ3v) is 7.12. The van der Waals surface area contributed by atoms with Gasteiger partial charge in [0.25, 0.3) is 5.91 Å². The molecule has 6 nitrogen and oxygen atoms in total. The SMILES string of the molecule is CCOc1ccc2c(c1)Oc1cc(O)ccc1C21c2ccccc2C(=O)N1/N=C/c1ccc(Cl)cc1Cl. The lowest BCUT2D eigenvalue weighted by atomic mass is 9.75. The minimum Gasteiger partial charge on any atom is -0.508 e. The number of aromatic hydroxyl groups is 1. The molecule has 1 atom stereocenters. The number of benzene rings is 4. The summed E-state index contributed by atoms with van der Waals surface area (Å²) in [6.07, 6.45) is 1.55. The fraction of sp³-hybridized carbons (Fsp3) is 0.103. The number of hydrazone groups is 1. The van der Waals surface area contributed by atoms with Crippen molar-refractivity contribution >= 4 is 35.3 Å². The second-order valence-corrected chi connectivity index (χ2v) is 9.50. The number of rotatable bonds is 4. The van der Waals surface area contributed by atoms with Crippen molar-refractivity contribution < 1.29 is 19.4 Å². The number of phenolic OH excluding ortho intramolecular Hbond substituents is 1. The topological polar surface area (TPSA) is 71.4 Å². The first-order chi connectivity index (χ1) is 17.9. The van der Waals surface area contributed by atoms with E-state index in [9.17, 15) is 9.90 Å². The van der Waals surface area contributed by atoms with Gasteiger partial charge in [0, 0.05) is 45.0 Å². The van der Waals surface area contributed by atoms with Crippen LogP contribution >= 0.6 is 23.2 Å². The van der Waals surface area contributed by atoms with E-state index in [2.05, 4.69) is 0 Å². The Hall–Kier alpha value is -4.00. The molecule has 2 heterocycles. The van der Waals surface area contributed by atoms with Crippen molar-refractivity contribution in [2.75, 3.05) is 6.61 Å². The second-order valence-electron chi connectivity index (χ2n) is 8.66. The van der Waals surface area contributed by atoms with Crippen molar-refractivity contribution in [2.45, 2.75) is 12.5 Å². The monoisotopic (exact) mass is 530 g/mol. The number of ether oxygens (including phenoxy) is 2.